The number of likely N-dealkylation sites (tertiary alicyclic amines) is 1. The summed E-state index contributed by atoms with van der Waals surface area (Å²) >= 11 is 0. The van der Waals surface area contributed by atoms with Crippen LogP contribution in [-0.2, 0) is 21.5 Å². The lowest BCUT2D eigenvalue weighted by Gasteiger charge is -2.40. The highest BCUT2D eigenvalue weighted by Crippen LogP contribution is 2.52. The van der Waals surface area contributed by atoms with Gasteiger partial charge in [0.2, 0.25) is 5.91 Å². The molecule has 2 aromatic carbocycles. The lowest BCUT2D eigenvalue weighted by Crippen LogP contribution is -2.46. The molecule has 2 N–H and O–H groups in total. The molecule has 2 aliphatic heterocycles. The van der Waals surface area contributed by atoms with E-state index in [2.05, 4.69) is 12.1 Å². The molecule has 0 aromatic heterocycles. The molecular weight excluding hydrogens is 486 g/mol. The third-order valence-corrected chi connectivity index (χ3v) is 7.90. The minimum atomic E-state index is -0.612. The summed E-state index contributed by atoms with van der Waals surface area (Å²) in [7, 11) is 0. The van der Waals surface area contributed by atoms with Crippen molar-refractivity contribution in [3.8, 4) is 5.75 Å². The van der Waals surface area contributed by atoms with Gasteiger partial charge in [-0.25, -0.2) is 10.3 Å². The highest BCUT2D eigenvalue weighted by molar-refractivity contribution is 5.94. The second-order valence-electron chi connectivity index (χ2n) is 11.5. The normalized spacial score (nSPS) is 20.2. The first kappa shape index (κ1) is 26.0. The van der Waals surface area contributed by atoms with Crippen LogP contribution in [0.25, 0.3) is 0 Å². The second-order valence-corrected chi connectivity index (χ2v) is 11.5. The average Bonchev–Trinajstić information content (AvgIpc) is 3.05. The highest BCUT2D eigenvalue weighted by Gasteiger charge is 2.49. The van der Waals surface area contributed by atoms with Gasteiger partial charge in [0.05, 0.1) is 12.5 Å². The number of carbonyl (C=O) groups is 3. The van der Waals surface area contributed by atoms with E-state index in [-0.39, 0.29) is 28.9 Å². The van der Waals surface area contributed by atoms with Crippen molar-refractivity contribution in [3.63, 3.8) is 0 Å². The van der Waals surface area contributed by atoms with Crippen LogP contribution in [-0.4, -0.2) is 64.8 Å². The zero-order valence-corrected chi connectivity index (χ0v) is 22.2. The van der Waals surface area contributed by atoms with Crippen LogP contribution >= 0.6 is 0 Å². The van der Waals surface area contributed by atoms with Gasteiger partial charge in [0.1, 0.15) is 18.0 Å². The van der Waals surface area contributed by atoms with Crippen molar-refractivity contribution in [2.75, 3.05) is 26.2 Å². The molecule has 3 aliphatic rings. The number of rotatable bonds is 2. The molecule has 0 radical (unpaired) electrons. The maximum Gasteiger partial charge on any atom is 0.410 e. The molecule has 1 aliphatic carbocycles. The summed E-state index contributed by atoms with van der Waals surface area (Å²) in [5.41, 5.74) is 4.34. The van der Waals surface area contributed by atoms with E-state index in [1.54, 1.807) is 28.6 Å². The Morgan fingerprint density at radius 2 is 1.79 bits per heavy atom. The zero-order chi connectivity index (χ0) is 27.1. The van der Waals surface area contributed by atoms with E-state index < -0.39 is 11.5 Å². The Kier molecular flexibility index (Phi) is 6.81. The molecule has 1 saturated heterocycles. The summed E-state index contributed by atoms with van der Waals surface area (Å²) in [6.45, 7) is 7.94. The standard InChI is InChI=1S/C29H35N3O6/c1-28(2,3)38-27(35)31-12-10-29(11-13-31)17-22(21-6-4-5-7-23(21)29)26(34)32-14-15-37-24-16-19(25(33)30-36)8-9-20(24)18-32/h4-9,16,22,36H,10-15,17-18H2,1-3H3,(H,30,33). The number of nitrogens with one attached hydrogen (secondary N) is 1. The zero-order valence-electron chi connectivity index (χ0n) is 22.2. The minimum absolute atomic E-state index is 0.0672. The number of hydrogen-bond acceptors (Lipinski definition) is 6. The van der Waals surface area contributed by atoms with Gasteiger partial charge in [0.25, 0.3) is 5.91 Å². The number of piperidine rings is 1. The Hall–Kier alpha value is -3.59. The molecule has 202 valence electrons. The predicted molar refractivity (Wildman–Crippen MR) is 139 cm³/mol. The van der Waals surface area contributed by atoms with Crippen molar-refractivity contribution in [2.45, 2.75) is 63.5 Å². The topological polar surface area (TPSA) is 108 Å². The van der Waals surface area contributed by atoms with Crippen LogP contribution in [0.15, 0.2) is 42.5 Å². The number of hydroxylamine groups is 1. The van der Waals surface area contributed by atoms with E-state index in [9.17, 15) is 14.4 Å². The maximum absolute atomic E-state index is 14.0. The van der Waals surface area contributed by atoms with Crippen LogP contribution in [0, 0.1) is 0 Å². The van der Waals surface area contributed by atoms with E-state index in [4.69, 9.17) is 14.7 Å². The number of amides is 3. The first-order chi connectivity index (χ1) is 18.1. The molecule has 0 bridgehead atoms. The van der Waals surface area contributed by atoms with Gasteiger partial charge in [-0.1, -0.05) is 30.3 Å². The van der Waals surface area contributed by atoms with Crippen LogP contribution in [0.1, 0.15) is 73.0 Å². The summed E-state index contributed by atoms with van der Waals surface area (Å²) in [6.07, 6.45) is 2.00. The molecule has 1 atom stereocenters. The predicted octanol–water partition coefficient (Wildman–Crippen LogP) is 3.98. The molecule has 1 fully saturated rings. The fourth-order valence-electron chi connectivity index (χ4n) is 6.02. The van der Waals surface area contributed by atoms with Crippen molar-refractivity contribution in [1.29, 1.82) is 0 Å². The monoisotopic (exact) mass is 521 g/mol. The molecule has 5 rings (SSSR count). The lowest BCUT2D eigenvalue weighted by atomic mass is 9.73. The van der Waals surface area contributed by atoms with Crippen molar-refractivity contribution in [3.05, 3.63) is 64.7 Å². The number of fused-ring (bicyclic) bond motifs is 3. The Morgan fingerprint density at radius 1 is 1.05 bits per heavy atom. The molecule has 38 heavy (non-hydrogen) atoms. The quantitative estimate of drug-likeness (QED) is 0.457. The van der Waals surface area contributed by atoms with Crippen molar-refractivity contribution >= 4 is 17.9 Å². The van der Waals surface area contributed by atoms with Crippen molar-refractivity contribution in [1.82, 2.24) is 15.3 Å². The number of ether oxygens (including phenoxy) is 2. The van der Waals surface area contributed by atoms with Crippen LogP contribution in [0.5, 0.6) is 5.75 Å². The van der Waals surface area contributed by atoms with Crippen LogP contribution in [0.4, 0.5) is 4.79 Å². The second kappa shape index (κ2) is 9.94. The molecule has 2 aromatic rings. The van der Waals surface area contributed by atoms with Crippen LogP contribution in [0.2, 0.25) is 0 Å². The van der Waals surface area contributed by atoms with Gasteiger partial charge in [0.15, 0.2) is 0 Å². The minimum Gasteiger partial charge on any atom is -0.491 e. The van der Waals surface area contributed by atoms with Gasteiger partial charge in [-0.2, -0.15) is 0 Å². The molecule has 1 unspecified atom stereocenters. The fraction of sp³-hybridized carbons (Fsp3) is 0.483. The molecule has 9 nitrogen and oxygen atoms in total. The molecule has 3 amide bonds. The van der Waals surface area contributed by atoms with Crippen molar-refractivity contribution in [2.24, 2.45) is 0 Å². The first-order valence-electron chi connectivity index (χ1n) is 13.2. The average molecular weight is 522 g/mol. The Bertz CT molecular complexity index is 1250. The van der Waals surface area contributed by atoms with E-state index >= 15 is 0 Å². The SMILES string of the molecule is CC(C)(C)OC(=O)N1CCC2(CC1)CC(C(=O)N1CCOc3cc(C(=O)NO)ccc3C1)c1ccccc12. The lowest BCUT2D eigenvalue weighted by molar-refractivity contribution is -0.134. The number of carbonyl (C=O) groups excluding carboxylic acids is 3. The largest absolute Gasteiger partial charge is 0.491 e. The van der Waals surface area contributed by atoms with Crippen LogP contribution in [0.3, 0.4) is 0 Å². The number of hydrogen-bond donors (Lipinski definition) is 2. The van der Waals surface area contributed by atoms with E-state index in [0.29, 0.717) is 45.0 Å². The van der Waals surface area contributed by atoms with Crippen molar-refractivity contribution < 1.29 is 29.1 Å². The van der Waals surface area contributed by atoms with E-state index in [1.807, 2.05) is 37.8 Å². The molecule has 9 heteroatoms. The van der Waals surface area contributed by atoms with Gasteiger partial charge >= 0.3 is 6.09 Å². The summed E-state index contributed by atoms with van der Waals surface area (Å²) in [6, 6.07) is 13.2. The van der Waals surface area contributed by atoms with Gasteiger partial charge in [-0.15, -0.1) is 0 Å². The summed E-state index contributed by atoms with van der Waals surface area (Å²) in [5, 5.41) is 8.94. The fourth-order valence-corrected chi connectivity index (χ4v) is 6.02. The summed E-state index contributed by atoms with van der Waals surface area (Å²) in [5.74, 6) is -0.267. The van der Waals surface area contributed by atoms with E-state index in [0.717, 1.165) is 24.0 Å². The Morgan fingerprint density at radius 3 is 2.50 bits per heavy atom. The molecule has 1 spiro atoms. The van der Waals surface area contributed by atoms with Crippen LogP contribution < -0.4 is 10.2 Å². The summed E-state index contributed by atoms with van der Waals surface area (Å²) < 4.78 is 11.5. The molecule has 2 heterocycles. The third kappa shape index (κ3) is 4.95. The van der Waals surface area contributed by atoms with Gasteiger partial charge in [-0.05, 0) is 63.3 Å². The smallest absolute Gasteiger partial charge is 0.410 e. The highest BCUT2D eigenvalue weighted by atomic mass is 16.6. The Balaban J connectivity index is 1.33. The Labute approximate surface area is 222 Å². The molecular formula is C29H35N3O6. The van der Waals surface area contributed by atoms with E-state index in [1.165, 1.54) is 5.56 Å². The van der Waals surface area contributed by atoms with Gasteiger partial charge in [0, 0.05) is 36.2 Å². The summed E-state index contributed by atoms with van der Waals surface area (Å²) in [4.78, 5) is 42.1. The molecule has 0 saturated carbocycles. The van der Waals surface area contributed by atoms with Gasteiger partial charge < -0.3 is 19.3 Å². The van der Waals surface area contributed by atoms with Gasteiger partial charge in [-0.3, -0.25) is 14.8 Å². The maximum atomic E-state index is 14.0. The number of benzene rings is 2. The first-order valence-corrected chi connectivity index (χ1v) is 13.2. The number of nitrogens with zero attached hydrogens (tertiary/aromatic N) is 2. The third-order valence-electron chi connectivity index (χ3n) is 7.90.